The molecular formula is C17H19FO2. The Balaban J connectivity index is 2.43. The molecule has 0 aromatic heterocycles. The lowest BCUT2D eigenvalue weighted by Crippen LogP contribution is -2.01. The van der Waals surface area contributed by atoms with Crippen LogP contribution < -0.4 is 4.74 Å². The molecule has 1 atom stereocenters. The lowest BCUT2D eigenvalue weighted by molar-refractivity contribution is 0.190. The fourth-order valence-electron chi connectivity index (χ4n) is 2.18. The Morgan fingerprint density at radius 3 is 2.25 bits per heavy atom. The summed E-state index contributed by atoms with van der Waals surface area (Å²) in [5, 5.41) is 9.72. The van der Waals surface area contributed by atoms with Crippen molar-refractivity contribution in [1.29, 1.82) is 0 Å². The van der Waals surface area contributed by atoms with E-state index in [0.29, 0.717) is 17.4 Å². The maximum atomic E-state index is 13.8. The predicted molar refractivity (Wildman–Crippen MR) is 77.6 cm³/mol. The number of aliphatic hydroxyl groups is 1. The average Bonchev–Trinajstić information content (AvgIpc) is 2.38. The molecule has 0 heterocycles. The highest BCUT2D eigenvalue weighted by Crippen LogP contribution is 2.35. The largest absolute Gasteiger partial charge is 0.457 e. The van der Waals surface area contributed by atoms with Gasteiger partial charge in [0, 0.05) is 0 Å². The zero-order chi connectivity index (χ0) is 14.7. The zero-order valence-corrected chi connectivity index (χ0v) is 11.9. The maximum Gasteiger partial charge on any atom is 0.136 e. The van der Waals surface area contributed by atoms with Crippen molar-refractivity contribution in [3.63, 3.8) is 0 Å². The molecule has 0 saturated heterocycles. The molecule has 2 aromatic rings. The molecule has 2 nitrogen and oxygen atoms in total. The van der Waals surface area contributed by atoms with Crippen LogP contribution in [-0.4, -0.2) is 5.11 Å². The first-order chi connectivity index (χ1) is 9.50. The van der Waals surface area contributed by atoms with Crippen molar-refractivity contribution in [2.75, 3.05) is 0 Å². The van der Waals surface area contributed by atoms with Crippen molar-refractivity contribution in [3.05, 3.63) is 59.4 Å². The number of hydrogen-bond donors (Lipinski definition) is 1. The molecule has 2 rings (SSSR count). The van der Waals surface area contributed by atoms with Gasteiger partial charge in [-0.2, -0.15) is 0 Å². The van der Waals surface area contributed by atoms with Crippen LogP contribution in [0.4, 0.5) is 4.39 Å². The van der Waals surface area contributed by atoms with Crippen LogP contribution in [0.1, 0.15) is 43.9 Å². The summed E-state index contributed by atoms with van der Waals surface area (Å²) in [6.07, 6.45) is -0.919. The first-order valence-electron chi connectivity index (χ1n) is 6.74. The smallest absolute Gasteiger partial charge is 0.136 e. The van der Waals surface area contributed by atoms with Crippen LogP contribution in [0.25, 0.3) is 0 Å². The van der Waals surface area contributed by atoms with E-state index in [0.717, 1.165) is 5.56 Å². The third kappa shape index (κ3) is 2.99. The van der Waals surface area contributed by atoms with Gasteiger partial charge in [0.25, 0.3) is 0 Å². The van der Waals surface area contributed by atoms with Gasteiger partial charge in [-0.05, 0) is 36.6 Å². The molecule has 0 aliphatic carbocycles. The molecule has 2 aromatic carbocycles. The van der Waals surface area contributed by atoms with Crippen molar-refractivity contribution < 1.29 is 14.2 Å². The normalized spacial score (nSPS) is 12.5. The van der Waals surface area contributed by atoms with Crippen molar-refractivity contribution in [2.45, 2.75) is 32.8 Å². The molecule has 0 spiro atoms. The third-order valence-corrected chi connectivity index (χ3v) is 3.19. The average molecular weight is 274 g/mol. The SMILES string of the molecule is CC(C)c1ccccc1Oc1cccc(F)c1C(C)O. The van der Waals surface area contributed by atoms with E-state index in [1.54, 1.807) is 12.1 Å². The van der Waals surface area contributed by atoms with E-state index in [9.17, 15) is 9.50 Å². The van der Waals surface area contributed by atoms with E-state index in [-0.39, 0.29) is 5.56 Å². The molecule has 0 bridgehead atoms. The van der Waals surface area contributed by atoms with Gasteiger partial charge >= 0.3 is 0 Å². The lowest BCUT2D eigenvalue weighted by atomic mass is 10.0. The summed E-state index contributed by atoms with van der Waals surface area (Å²) in [5.74, 6) is 0.886. The molecule has 0 aliphatic rings. The Bertz CT molecular complexity index is 591. The fourth-order valence-corrected chi connectivity index (χ4v) is 2.18. The molecule has 1 N–H and O–H groups in total. The van der Waals surface area contributed by atoms with Crippen molar-refractivity contribution >= 4 is 0 Å². The minimum absolute atomic E-state index is 0.186. The first-order valence-corrected chi connectivity index (χ1v) is 6.74. The summed E-state index contributed by atoms with van der Waals surface area (Å²) in [7, 11) is 0. The van der Waals surface area contributed by atoms with Crippen molar-refractivity contribution in [2.24, 2.45) is 0 Å². The van der Waals surface area contributed by atoms with Gasteiger partial charge in [0.15, 0.2) is 0 Å². The Labute approximate surface area is 118 Å². The van der Waals surface area contributed by atoms with Crippen LogP contribution in [0.2, 0.25) is 0 Å². The van der Waals surface area contributed by atoms with E-state index in [4.69, 9.17) is 4.74 Å². The second-order valence-electron chi connectivity index (χ2n) is 5.12. The van der Waals surface area contributed by atoms with E-state index < -0.39 is 11.9 Å². The lowest BCUT2D eigenvalue weighted by Gasteiger charge is -2.17. The second-order valence-corrected chi connectivity index (χ2v) is 5.12. The molecule has 0 amide bonds. The molecular weight excluding hydrogens is 255 g/mol. The minimum Gasteiger partial charge on any atom is -0.457 e. The summed E-state index contributed by atoms with van der Waals surface area (Å²) < 4.78 is 19.7. The van der Waals surface area contributed by atoms with E-state index in [1.165, 1.54) is 13.0 Å². The molecule has 0 aliphatic heterocycles. The van der Waals surface area contributed by atoms with Gasteiger partial charge in [0.2, 0.25) is 0 Å². The van der Waals surface area contributed by atoms with E-state index >= 15 is 0 Å². The number of benzene rings is 2. The molecule has 0 fully saturated rings. The van der Waals surface area contributed by atoms with Gasteiger partial charge in [-0.3, -0.25) is 0 Å². The Morgan fingerprint density at radius 2 is 1.60 bits per heavy atom. The van der Waals surface area contributed by atoms with Crippen LogP contribution in [-0.2, 0) is 0 Å². The molecule has 0 saturated carbocycles. The molecule has 106 valence electrons. The highest BCUT2D eigenvalue weighted by molar-refractivity contribution is 5.43. The van der Waals surface area contributed by atoms with Gasteiger partial charge in [0.1, 0.15) is 17.3 Å². The number of rotatable bonds is 4. The van der Waals surface area contributed by atoms with E-state index in [2.05, 4.69) is 13.8 Å². The monoisotopic (exact) mass is 274 g/mol. The minimum atomic E-state index is -0.919. The topological polar surface area (TPSA) is 29.5 Å². The van der Waals surface area contributed by atoms with Crippen molar-refractivity contribution in [1.82, 2.24) is 0 Å². The number of para-hydroxylation sites is 1. The van der Waals surface area contributed by atoms with Crippen LogP contribution in [0.15, 0.2) is 42.5 Å². The third-order valence-electron chi connectivity index (χ3n) is 3.19. The van der Waals surface area contributed by atoms with Gasteiger partial charge < -0.3 is 9.84 Å². The first kappa shape index (κ1) is 14.5. The molecule has 3 heteroatoms. The fraction of sp³-hybridized carbons (Fsp3) is 0.294. The van der Waals surface area contributed by atoms with Gasteiger partial charge in [-0.15, -0.1) is 0 Å². The Hall–Kier alpha value is -1.87. The van der Waals surface area contributed by atoms with Crippen molar-refractivity contribution in [3.8, 4) is 11.5 Å². The number of halogens is 1. The van der Waals surface area contributed by atoms with E-state index in [1.807, 2.05) is 24.3 Å². The standard InChI is InChI=1S/C17H19FO2/c1-11(2)13-7-4-5-9-15(13)20-16-10-6-8-14(18)17(16)12(3)19/h4-12,19H,1-3H3. The summed E-state index contributed by atoms with van der Waals surface area (Å²) in [6.45, 7) is 5.67. The second kappa shape index (κ2) is 6.06. The summed E-state index contributed by atoms with van der Waals surface area (Å²) in [5.41, 5.74) is 1.24. The van der Waals surface area contributed by atoms with Gasteiger partial charge in [0.05, 0.1) is 11.7 Å². The highest BCUT2D eigenvalue weighted by Gasteiger charge is 2.16. The Kier molecular flexibility index (Phi) is 4.40. The van der Waals surface area contributed by atoms with Gasteiger partial charge in [-0.25, -0.2) is 4.39 Å². The Morgan fingerprint density at radius 1 is 0.950 bits per heavy atom. The summed E-state index contributed by atoms with van der Waals surface area (Å²) >= 11 is 0. The number of hydrogen-bond acceptors (Lipinski definition) is 2. The predicted octanol–water partition coefficient (Wildman–Crippen LogP) is 4.79. The van der Waals surface area contributed by atoms with Crippen LogP contribution in [0.5, 0.6) is 11.5 Å². The number of aliphatic hydroxyl groups excluding tert-OH is 1. The van der Waals surface area contributed by atoms with Crippen LogP contribution in [0.3, 0.4) is 0 Å². The van der Waals surface area contributed by atoms with Gasteiger partial charge in [-0.1, -0.05) is 38.1 Å². The highest BCUT2D eigenvalue weighted by atomic mass is 19.1. The van der Waals surface area contributed by atoms with Crippen LogP contribution >= 0.6 is 0 Å². The quantitative estimate of drug-likeness (QED) is 0.868. The summed E-state index contributed by atoms with van der Waals surface area (Å²) in [6, 6.07) is 12.2. The number of ether oxygens (including phenoxy) is 1. The zero-order valence-electron chi connectivity index (χ0n) is 11.9. The molecule has 0 radical (unpaired) electrons. The van der Waals surface area contributed by atoms with Crippen LogP contribution in [0, 0.1) is 5.82 Å². The molecule has 1 unspecified atom stereocenters. The summed E-state index contributed by atoms with van der Waals surface area (Å²) in [4.78, 5) is 0. The molecule has 20 heavy (non-hydrogen) atoms. The maximum absolute atomic E-state index is 13.8.